The van der Waals surface area contributed by atoms with Crippen LogP contribution in [-0.4, -0.2) is 89.9 Å². The minimum atomic E-state index is -4.43. The van der Waals surface area contributed by atoms with Gasteiger partial charge in [-0.3, -0.25) is 46.8 Å². The zero-order valence-corrected chi connectivity index (χ0v) is 37.9. The van der Waals surface area contributed by atoms with Crippen molar-refractivity contribution in [2.75, 3.05) is 26.4 Å². The number of phosphoric acid groups is 2. The fourth-order valence-electron chi connectivity index (χ4n) is 7.69. The summed E-state index contributed by atoms with van der Waals surface area (Å²) in [5.74, 6) is 0. The molecule has 2 fully saturated rings. The summed E-state index contributed by atoms with van der Waals surface area (Å²) in [7, 11) is -8.86. The van der Waals surface area contributed by atoms with Gasteiger partial charge < -0.3 is 29.5 Å². The number of ether oxygens (including phenoxy) is 2. The number of nitrogens with zero attached hydrogens (tertiary/aromatic N) is 2. The van der Waals surface area contributed by atoms with Gasteiger partial charge in [0.1, 0.15) is 36.9 Å². The fourth-order valence-corrected chi connectivity index (χ4v) is 9.66. The van der Waals surface area contributed by atoms with E-state index in [0.29, 0.717) is 24.0 Å². The van der Waals surface area contributed by atoms with Crippen molar-refractivity contribution in [3.63, 3.8) is 0 Å². The Bertz CT molecular complexity index is 1850. The largest absolute Gasteiger partial charge is 0.472 e. The lowest BCUT2D eigenvalue weighted by molar-refractivity contribution is -0.0464. The molecule has 2 aromatic rings. The summed E-state index contributed by atoms with van der Waals surface area (Å²) in [4.78, 5) is 72.7. The average Bonchev–Trinajstić information content (AvgIpc) is 3.81. The van der Waals surface area contributed by atoms with Crippen LogP contribution >= 0.6 is 15.6 Å². The monoisotopic (exact) mass is 922 g/mol. The van der Waals surface area contributed by atoms with Crippen LogP contribution in [0.25, 0.3) is 0 Å². The van der Waals surface area contributed by atoms with Gasteiger partial charge in [0.15, 0.2) is 0 Å². The lowest BCUT2D eigenvalue weighted by Crippen LogP contribution is -2.33. The molecule has 2 saturated heterocycles. The van der Waals surface area contributed by atoms with Crippen LogP contribution in [0.3, 0.4) is 0 Å². The zero-order chi connectivity index (χ0) is 45.1. The van der Waals surface area contributed by atoms with Crippen molar-refractivity contribution in [3.05, 3.63) is 65.2 Å². The van der Waals surface area contributed by atoms with Gasteiger partial charge in [-0.25, -0.2) is 18.7 Å². The normalized spacial score (nSPS) is 23.5. The quantitative estimate of drug-likeness (QED) is 0.0414. The maximum atomic E-state index is 12.6. The molecule has 0 spiro atoms. The number of aliphatic hydroxyl groups is 2. The molecule has 0 amide bonds. The Labute approximate surface area is 361 Å². The van der Waals surface area contributed by atoms with Crippen LogP contribution in [0, 0.1) is 13.8 Å². The first-order chi connectivity index (χ1) is 29.6. The number of rotatable bonds is 31. The molecule has 2 aromatic heterocycles. The minimum absolute atomic E-state index is 0.0113. The highest BCUT2D eigenvalue weighted by Crippen LogP contribution is 2.49. The molecule has 22 heteroatoms. The Kier molecular flexibility index (Phi) is 22.2. The summed E-state index contributed by atoms with van der Waals surface area (Å²) in [6.07, 6.45) is 16.2. The Morgan fingerprint density at radius 3 is 1.15 bits per heavy atom. The van der Waals surface area contributed by atoms with Gasteiger partial charge in [-0.05, 0) is 26.7 Å². The third-order valence-electron chi connectivity index (χ3n) is 11.2. The lowest BCUT2D eigenvalue weighted by atomic mass is 10.0. The number of nitrogens with one attached hydrogen (secondary N) is 2. The summed E-state index contributed by atoms with van der Waals surface area (Å²) in [6, 6.07) is 0. The Balaban J connectivity index is 0.907. The van der Waals surface area contributed by atoms with Crippen LogP contribution < -0.4 is 22.5 Å². The minimum Gasteiger partial charge on any atom is -0.394 e. The van der Waals surface area contributed by atoms with Gasteiger partial charge in [-0.1, -0.05) is 103 Å². The van der Waals surface area contributed by atoms with Crippen molar-refractivity contribution in [1.82, 2.24) is 19.1 Å². The summed E-state index contributed by atoms with van der Waals surface area (Å²) in [5, 5.41) is 19.4. The fraction of sp³-hybridized carbons (Fsp3) is 0.800. The molecular weight excluding hydrogens is 854 g/mol. The number of aliphatic hydroxyl groups excluding tert-OH is 2. The van der Waals surface area contributed by atoms with Crippen LogP contribution in [0.4, 0.5) is 0 Å². The Morgan fingerprint density at radius 2 is 0.855 bits per heavy atom. The van der Waals surface area contributed by atoms with E-state index >= 15 is 0 Å². The number of hydrogen-bond acceptors (Lipinski definition) is 14. The third-order valence-corrected chi connectivity index (χ3v) is 13.3. The molecule has 4 heterocycles. The second kappa shape index (κ2) is 26.4. The topological polar surface area (TPSA) is 280 Å². The zero-order valence-electron chi connectivity index (χ0n) is 36.1. The van der Waals surface area contributed by atoms with Crippen LogP contribution in [0.2, 0.25) is 0 Å². The molecule has 0 aliphatic carbocycles. The molecule has 20 nitrogen and oxygen atoms in total. The van der Waals surface area contributed by atoms with E-state index in [2.05, 4.69) is 9.97 Å². The van der Waals surface area contributed by atoms with E-state index < -0.39 is 88.2 Å². The summed E-state index contributed by atoms with van der Waals surface area (Å²) >= 11 is 0. The number of aromatic amines is 2. The van der Waals surface area contributed by atoms with E-state index in [0.717, 1.165) is 60.5 Å². The summed E-state index contributed by atoms with van der Waals surface area (Å²) in [5.41, 5.74) is -1.83. The SMILES string of the molecule is Cc1cn(C2CC(OP(=O)(O)OCCCCCCCCCCCCCCCCCCCCOP(=O)(O)OC3CC(n4cc(C)c(=O)[nH]c4=O)OC3CO)C(CO)O2)c(=O)[nH]c1=O. The molecule has 0 radical (unpaired) electrons. The van der Waals surface area contributed by atoms with Gasteiger partial charge in [-0.2, -0.15) is 0 Å². The van der Waals surface area contributed by atoms with E-state index in [9.17, 15) is 48.3 Å². The Hall–Kier alpha value is -2.58. The molecule has 6 N–H and O–H groups in total. The number of unbranched alkanes of at least 4 members (excludes halogenated alkanes) is 17. The summed E-state index contributed by atoms with van der Waals surface area (Å²) in [6.45, 7) is 2.19. The first-order valence-corrected chi connectivity index (χ1v) is 25.1. The third kappa shape index (κ3) is 17.4. The van der Waals surface area contributed by atoms with E-state index in [1.165, 1.54) is 77.6 Å². The number of phosphoric ester groups is 2. The highest BCUT2D eigenvalue weighted by molar-refractivity contribution is 7.47. The highest BCUT2D eigenvalue weighted by atomic mass is 31.2. The molecule has 8 atom stereocenters. The molecular formula is C40H68N4O16P2. The summed E-state index contributed by atoms with van der Waals surface area (Å²) < 4.78 is 59.8. The maximum Gasteiger partial charge on any atom is 0.472 e. The van der Waals surface area contributed by atoms with E-state index in [1.807, 2.05) is 0 Å². The number of H-pyrrole nitrogens is 2. The predicted octanol–water partition coefficient (Wildman–Crippen LogP) is 5.29. The first-order valence-electron chi connectivity index (χ1n) is 22.1. The molecule has 0 bridgehead atoms. The molecule has 8 unspecified atom stereocenters. The van der Waals surface area contributed by atoms with Gasteiger partial charge >= 0.3 is 27.0 Å². The lowest BCUT2D eigenvalue weighted by Gasteiger charge is -2.19. The number of aromatic nitrogens is 4. The van der Waals surface area contributed by atoms with Crippen molar-refractivity contribution in [2.45, 2.75) is 179 Å². The Morgan fingerprint density at radius 1 is 0.565 bits per heavy atom. The second-order valence-corrected chi connectivity index (χ2v) is 19.1. The molecule has 62 heavy (non-hydrogen) atoms. The maximum absolute atomic E-state index is 12.6. The molecule has 2 aliphatic heterocycles. The first kappa shape index (κ1) is 52.0. The molecule has 354 valence electrons. The second-order valence-electron chi connectivity index (χ2n) is 16.3. The van der Waals surface area contributed by atoms with Crippen molar-refractivity contribution < 1.29 is 56.7 Å². The van der Waals surface area contributed by atoms with Crippen LogP contribution in [0.15, 0.2) is 31.6 Å². The van der Waals surface area contributed by atoms with Crippen molar-refractivity contribution in [1.29, 1.82) is 0 Å². The average molecular weight is 923 g/mol. The standard InChI is InChI=1S/C40H68N4O16P2/c1-29-25-43(39(49)41-37(29)47)35-23-31(33(27-45)57-35)59-61(51,52)55-21-19-17-15-13-11-9-7-5-3-4-6-8-10-12-14-16-18-20-22-56-62(53,54)60-32-24-36(58-34(32)28-46)44-26-30(2)38(48)42-40(44)50/h25-26,31-36,45-46H,3-24,27-28H2,1-2H3,(H,51,52)(H,53,54)(H,41,47,49)(H,42,48,50). The van der Waals surface area contributed by atoms with Crippen molar-refractivity contribution >= 4 is 15.6 Å². The van der Waals surface area contributed by atoms with Crippen LogP contribution in [-0.2, 0) is 36.7 Å². The molecule has 4 rings (SSSR count). The number of hydrogen-bond donors (Lipinski definition) is 6. The van der Waals surface area contributed by atoms with Crippen molar-refractivity contribution in [3.8, 4) is 0 Å². The molecule has 0 saturated carbocycles. The van der Waals surface area contributed by atoms with Crippen LogP contribution in [0.1, 0.15) is 152 Å². The molecule has 0 aromatic carbocycles. The van der Waals surface area contributed by atoms with E-state index in [1.54, 1.807) is 0 Å². The van der Waals surface area contributed by atoms with Gasteiger partial charge in [-0.15, -0.1) is 0 Å². The molecule has 2 aliphatic rings. The van der Waals surface area contributed by atoms with Gasteiger partial charge in [0, 0.05) is 36.4 Å². The van der Waals surface area contributed by atoms with Crippen LogP contribution in [0.5, 0.6) is 0 Å². The van der Waals surface area contributed by atoms with Gasteiger partial charge in [0.25, 0.3) is 11.1 Å². The van der Waals surface area contributed by atoms with Gasteiger partial charge in [0.2, 0.25) is 0 Å². The predicted molar refractivity (Wildman–Crippen MR) is 228 cm³/mol. The van der Waals surface area contributed by atoms with E-state index in [4.69, 9.17) is 27.6 Å². The highest BCUT2D eigenvalue weighted by Gasteiger charge is 2.43. The van der Waals surface area contributed by atoms with Crippen molar-refractivity contribution in [2.24, 2.45) is 0 Å². The number of aryl methyl sites for hydroxylation is 2. The smallest absolute Gasteiger partial charge is 0.394 e. The van der Waals surface area contributed by atoms with Gasteiger partial charge in [0.05, 0.1) is 26.4 Å². The van der Waals surface area contributed by atoms with E-state index in [-0.39, 0.29) is 26.1 Å².